The average Bonchev–Trinajstić information content (AvgIpc) is 2.12. The van der Waals surface area contributed by atoms with E-state index in [9.17, 15) is 4.79 Å². The fourth-order valence-electron chi connectivity index (χ4n) is 2.67. The summed E-state index contributed by atoms with van der Waals surface area (Å²) in [6.07, 6.45) is 6.45. The third-order valence-electron chi connectivity index (χ3n) is 3.36. The molecular formula is C10H15ClO. The molecule has 0 bridgehead atoms. The number of hydrogen-bond acceptors (Lipinski definition) is 1. The fourth-order valence-corrected chi connectivity index (χ4v) is 3.08. The Labute approximate surface area is 78.5 Å². The molecule has 0 aliphatic heterocycles. The van der Waals surface area contributed by atoms with Gasteiger partial charge in [0.15, 0.2) is 0 Å². The summed E-state index contributed by atoms with van der Waals surface area (Å²) in [4.78, 5) is 11.5. The van der Waals surface area contributed by atoms with Crippen LogP contribution in [0.4, 0.5) is 0 Å². The number of rotatable bonds is 0. The van der Waals surface area contributed by atoms with Crippen molar-refractivity contribution < 1.29 is 4.79 Å². The minimum atomic E-state index is 0.285. The van der Waals surface area contributed by atoms with Crippen LogP contribution in [0.1, 0.15) is 38.5 Å². The minimum Gasteiger partial charge on any atom is -0.299 e. The van der Waals surface area contributed by atoms with Gasteiger partial charge in [-0.3, -0.25) is 4.79 Å². The molecule has 0 N–H and O–H groups in total. The molecule has 0 saturated heterocycles. The monoisotopic (exact) mass is 186 g/mol. The van der Waals surface area contributed by atoms with E-state index in [1.165, 1.54) is 19.3 Å². The molecule has 2 fully saturated rings. The zero-order valence-corrected chi connectivity index (χ0v) is 8.02. The maximum absolute atomic E-state index is 11.5. The van der Waals surface area contributed by atoms with E-state index in [-0.39, 0.29) is 5.38 Å². The third-order valence-corrected chi connectivity index (χ3v) is 3.91. The molecule has 68 valence electrons. The Hall–Kier alpha value is -0.0400. The summed E-state index contributed by atoms with van der Waals surface area (Å²) in [5.41, 5.74) is 0. The Morgan fingerprint density at radius 3 is 2.67 bits per heavy atom. The van der Waals surface area contributed by atoms with Crippen molar-refractivity contribution in [3.05, 3.63) is 0 Å². The summed E-state index contributed by atoms with van der Waals surface area (Å²) in [6, 6.07) is 0. The van der Waals surface area contributed by atoms with Crippen LogP contribution in [0.25, 0.3) is 0 Å². The van der Waals surface area contributed by atoms with Crippen LogP contribution in [0.2, 0.25) is 0 Å². The standard InChI is InChI=1S/C10H15ClO/c11-9-5-6-10(12)8-4-2-1-3-7(8)9/h7-9H,1-6H2. The second-order valence-electron chi connectivity index (χ2n) is 4.08. The Bertz CT molecular complexity index is 190. The Kier molecular flexibility index (Phi) is 2.40. The van der Waals surface area contributed by atoms with Crippen LogP contribution in [-0.2, 0) is 4.79 Å². The smallest absolute Gasteiger partial charge is 0.136 e. The minimum absolute atomic E-state index is 0.285. The summed E-state index contributed by atoms with van der Waals surface area (Å²) >= 11 is 6.20. The number of hydrogen-bond donors (Lipinski definition) is 0. The summed E-state index contributed by atoms with van der Waals surface area (Å²) in [5.74, 6) is 1.33. The van der Waals surface area contributed by atoms with Gasteiger partial charge in [-0.2, -0.15) is 0 Å². The van der Waals surface area contributed by atoms with Gasteiger partial charge in [0.2, 0.25) is 0 Å². The molecule has 0 aromatic rings. The second kappa shape index (κ2) is 3.37. The van der Waals surface area contributed by atoms with Crippen molar-refractivity contribution in [2.45, 2.75) is 43.9 Å². The molecule has 0 heterocycles. The zero-order chi connectivity index (χ0) is 8.55. The van der Waals surface area contributed by atoms with Gasteiger partial charge in [0, 0.05) is 17.7 Å². The lowest BCUT2D eigenvalue weighted by molar-refractivity contribution is -0.127. The number of carbonyl (C=O) groups excluding carboxylic acids is 1. The van der Waals surface area contributed by atoms with E-state index in [1.807, 2.05) is 0 Å². The van der Waals surface area contributed by atoms with E-state index in [1.54, 1.807) is 0 Å². The third kappa shape index (κ3) is 1.39. The molecule has 0 aromatic heterocycles. The first kappa shape index (κ1) is 8.55. The highest BCUT2D eigenvalue weighted by atomic mass is 35.5. The van der Waals surface area contributed by atoms with Gasteiger partial charge >= 0.3 is 0 Å². The summed E-state index contributed by atoms with van der Waals surface area (Å²) in [7, 11) is 0. The van der Waals surface area contributed by atoms with Crippen molar-refractivity contribution in [2.24, 2.45) is 11.8 Å². The molecular weight excluding hydrogens is 172 g/mol. The van der Waals surface area contributed by atoms with Crippen LogP contribution < -0.4 is 0 Å². The van der Waals surface area contributed by atoms with Crippen molar-refractivity contribution >= 4 is 17.4 Å². The maximum atomic E-state index is 11.5. The van der Waals surface area contributed by atoms with Crippen molar-refractivity contribution in [1.82, 2.24) is 0 Å². The van der Waals surface area contributed by atoms with Crippen LogP contribution >= 0.6 is 11.6 Å². The molecule has 1 nitrogen and oxygen atoms in total. The molecule has 0 aromatic carbocycles. The van der Waals surface area contributed by atoms with Gasteiger partial charge in [0.1, 0.15) is 5.78 Å². The molecule has 2 saturated carbocycles. The summed E-state index contributed by atoms with van der Waals surface area (Å²) < 4.78 is 0. The number of carbonyl (C=O) groups is 1. The maximum Gasteiger partial charge on any atom is 0.136 e. The molecule has 2 heteroatoms. The zero-order valence-electron chi connectivity index (χ0n) is 7.26. The van der Waals surface area contributed by atoms with Crippen LogP contribution in [-0.4, -0.2) is 11.2 Å². The lowest BCUT2D eigenvalue weighted by Crippen LogP contribution is -2.37. The van der Waals surface area contributed by atoms with E-state index < -0.39 is 0 Å². The van der Waals surface area contributed by atoms with Gasteiger partial charge in [-0.1, -0.05) is 12.8 Å². The number of fused-ring (bicyclic) bond motifs is 1. The first-order valence-electron chi connectivity index (χ1n) is 4.96. The van der Waals surface area contributed by atoms with E-state index in [0.29, 0.717) is 17.6 Å². The topological polar surface area (TPSA) is 17.1 Å². The van der Waals surface area contributed by atoms with E-state index in [2.05, 4.69) is 0 Å². The van der Waals surface area contributed by atoms with Gasteiger partial charge in [-0.25, -0.2) is 0 Å². The number of halogens is 1. The quantitative estimate of drug-likeness (QED) is 0.532. The van der Waals surface area contributed by atoms with Gasteiger partial charge < -0.3 is 0 Å². The molecule has 12 heavy (non-hydrogen) atoms. The molecule has 3 atom stereocenters. The van der Waals surface area contributed by atoms with Gasteiger partial charge in [-0.15, -0.1) is 11.6 Å². The first-order valence-corrected chi connectivity index (χ1v) is 5.39. The van der Waals surface area contributed by atoms with Crippen LogP contribution in [0, 0.1) is 11.8 Å². The Balaban J connectivity index is 2.11. The highest BCUT2D eigenvalue weighted by Crippen LogP contribution is 2.40. The molecule has 3 unspecified atom stereocenters. The summed E-state index contributed by atoms with van der Waals surface area (Å²) in [6.45, 7) is 0. The van der Waals surface area contributed by atoms with Crippen molar-refractivity contribution in [2.75, 3.05) is 0 Å². The Morgan fingerprint density at radius 1 is 1.17 bits per heavy atom. The van der Waals surface area contributed by atoms with E-state index in [0.717, 1.165) is 19.3 Å². The molecule has 0 amide bonds. The van der Waals surface area contributed by atoms with Gasteiger partial charge in [0.25, 0.3) is 0 Å². The van der Waals surface area contributed by atoms with Gasteiger partial charge in [-0.05, 0) is 25.2 Å². The Morgan fingerprint density at radius 2 is 1.92 bits per heavy atom. The lowest BCUT2D eigenvalue weighted by atomic mass is 9.70. The number of alkyl halides is 1. The largest absolute Gasteiger partial charge is 0.299 e. The highest BCUT2D eigenvalue weighted by molar-refractivity contribution is 6.21. The molecule has 2 aliphatic carbocycles. The SMILES string of the molecule is O=C1CCC(Cl)C2CCCCC12. The van der Waals surface area contributed by atoms with E-state index in [4.69, 9.17) is 11.6 Å². The van der Waals surface area contributed by atoms with E-state index >= 15 is 0 Å². The van der Waals surface area contributed by atoms with Crippen molar-refractivity contribution in [3.8, 4) is 0 Å². The number of ketones is 1. The summed E-state index contributed by atoms with van der Waals surface area (Å²) in [5, 5.41) is 0.285. The highest BCUT2D eigenvalue weighted by Gasteiger charge is 2.38. The van der Waals surface area contributed by atoms with Crippen LogP contribution in [0.3, 0.4) is 0 Å². The second-order valence-corrected chi connectivity index (χ2v) is 4.64. The predicted molar refractivity (Wildman–Crippen MR) is 49.3 cm³/mol. The molecule has 0 radical (unpaired) electrons. The van der Waals surface area contributed by atoms with Gasteiger partial charge in [0.05, 0.1) is 0 Å². The normalized spacial score (nSPS) is 42.4. The van der Waals surface area contributed by atoms with Crippen molar-refractivity contribution in [3.63, 3.8) is 0 Å². The van der Waals surface area contributed by atoms with Crippen molar-refractivity contribution in [1.29, 1.82) is 0 Å². The fraction of sp³-hybridized carbons (Fsp3) is 0.900. The first-order chi connectivity index (χ1) is 5.79. The van der Waals surface area contributed by atoms with Crippen LogP contribution in [0.5, 0.6) is 0 Å². The molecule has 2 aliphatic rings. The molecule has 0 spiro atoms. The lowest BCUT2D eigenvalue weighted by Gasteiger charge is -2.37. The molecule has 2 rings (SSSR count). The number of Topliss-reactive ketones (excluding diaryl/α,β-unsaturated/α-hetero) is 1. The predicted octanol–water partition coefficient (Wildman–Crippen LogP) is 2.76. The van der Waals surface area contributed by atoms with Crippen LogP contribution in [0.15, 0.2) is 0 Å². The average molecular weight is 187 g/mol.